The Bertz CT molecular complexity index is 171. The molecule has 1 aromatic rings. The van der Waals surface area contributed by atoms with Gasteiger partial charge in [-0.05, 0) is 0 Å². The summed E-state index contributed by atoms with van der Waals surface area (Å²) in [4.78, 5) is 6.23. The predicted octanol–water partition coefficient (Wildman–Crippen LogP) is 1.31. The first-order valence-electron chi connectivity index (χ1n) is 2.82. The van der Waals surface area contributed by atoms with Crippen molar-refractivity contribution >= 4 is 0 Å². The molecule has 0 bridgehead atoms. The van der Waals surface area contributed by atoms with Crippen molar-refractivity contribution in [3.8, 4) is 6.07 Å². The van der Waals surface area contributed by atoms with Crippen LogP contribution in [0, 0.1) is 11.3 Å². The van der Waals surface area contributed by atoms with Crippen LogP contribution in [0.4, 0.5) is 0 Å². The van der Waals surface area contributed by atoms with Gasteiger partial charge < -0.3 is 4.98 Å². The van der Waals surface area contributed by atoms with Gasteiger partial charge in [0, 0.05) is 0 Å². The molecular formula is C6H9N3. The Kier molecular flexibility index (Phi) is 4.15. The number of nitrogens with zero attached hydrogens (tertiary/aromatic N) is 2. The summed E-state index contributed by atoms with van der Waals surface area (Å²) in [5.41, 5.74) is 0.500. The van der Waals surface area contributed by atoms with Gasteiger partial charge in [-0.25, -0.2) is 4.98 Å². The Morgan fingerprint density at radius 3 is 2.56 bits per heavy atom. The molecule has 9 heavy (non-hydrogen) atoms. The smallest absolute Gasteiger partial charge is 0.137 e. The van der Waals surface area contributed by atoms with Crippen LogP contribution in [0.1, 0.15) is 19.5 Å². The summed E-state index contributed by atoms with van der Waals surface area (Å²) >= 11 is 0. The minimum absolute atomic E-state index is 0.500. The van der Waals surface area contributed by atoms with Crippen LogP contribution >= 0.6 is 0 Å². The van der Waals surface area contributed by atoms with Crippen molar-refractivity contribution < 1.29 is 0 Å². The van der Waals surface area contributed by atoms with Crippen LogP contribution in [-0.4, -0.2) is 9.97 Å². The second kappa shape index (κ2) is 4.85. The van der Waals surface area contributed by atoms with Crippen molar-refractivity contribution in [2.75, 3.05) is 0 Å². The lowest BCUT2D eigenvalue weighted by Crippen LogP contribution is -1.64. The van der Waals surface area contributed by atoms with E-state index in [1.54, 1.807) is 0 Å². The number of aromatic nitrogens is 2. The Morgan fingerprint density at radius 2 is 2.33 bits per heavy atom. The molecule has 0 saturated heterocycles. The fourth-order valence-electron chi connectivity index (χ4n) is 0.317. The monoisotopic (exact) mass is 123 g/mol. The molecule has 1 aromatic heterocycles. The molecule has 3 nitrogen and oxygen atoms in total. The van der Waals surface area contributed by atoms with Crippen molar-refractivity contribution in [3.63, 3.8) is 0 Å². The largest absolute Gasteiger partial charge is 0.336 e. The van der Waals surface area contributed by atoms with Gasteiger partial charge in [0.15, 0.2) is 0 Å². The highest BCUT2D eigenvalue weighted by molar-refractivity contribution is 5.13. The molecule has 0 aliphatic heterocycles. The molecule has 0 saturated carbocycles. The average molecular weight is 123 g/mol. The van der Waals surface area contributed by atoms with E-state index < -0.39 is 0 Å². The molecule has 48 valence electrons. The zero-order chi connectivity index (χ0) is 7.11. The average Bonchev–Trinajstić information content (AvgIpc) is 2.43. The van der Waals surface area contributed by atoms with Crippen molar-refractivity contribution in [3.05, 3.63) is 18.2 Å². The van der Waals surface area contributed by atoms with Crippen molar-refractivity contribution in [2.24, 2.45) is 0 Å². The topological polar surface area (TPSA) is 52.5 Å². The van der Waals surface area contributed by atoms with Crippen LogP contribution in [0.3, 0.4) is 0 Å². The van der Waals surface area contributed by atoms with Gasteiger partial charge >= 0.3 is 0 Å². The SMILES string of the molecule is CC.N#Cc1cnc[nH]1. The molecule has 0 radical (unpaired) electrons. The molecular weight excluding hydrogens is 114 g/mol. The van der Waals surface area contributed by atoms with E-state index in [0.717, 1.165) is 0 Å². The lowest BCUT2D eigenvalue weighted by atomic mass is 10.6. The summed E-state index contributed by atoms with van der Waals surface area (Å²) in [6.45, 7) is 4.00. The van der Waals surface area contributed by atoms with Crippen LogP contribution in [-0.2, 0) is 0 Å². The van der Waals surface area contributed by atoms with E-state index in [-0.39, 0.29) is 0 Å². The quantitative estimate of drug-likeness (QED) is 0.565. The van der Waals surface area contributed by atoms with Gasteiger partial charge in [-0.1, -0.05) is 13.8 Å². The minimum atomic E-state index is 0.500. The van der Waals surface area contributed by atoms with E-state index >= 15 is 0 Å². The summed E-state index contributed by atoms with van der Waals surface area (Å²) < 4.78 is 0. The maximum absolute atomic E-state index is 8.11. The van der Waals surface area contributed by atoms with Gasteiger partial charge in [0.2, 0.25) is 0 Å². The fourth-order valence-corrected chi connectivity index (χ4v) is 0.317. The molecule has 0 fully saturated rings. The van der Waals surface area contributed by atoms with E-state index in [0.29, 0.717) is 5.69 Å². The summed E-state index contributed by atoms with van der Waals surface area (Å²) in [7, 11) is 0. The molecule has 1 rings (SSSR count). The number of hydrogen-bond acceptors (Lipinski definition) is 2. The molecule has 0 unspecified atom stereocenters. The summed E-state index contributed by atoms with van der Waals surface area (Å²) in [5.74, 6) is 0. The standard InChI is InChI=1S/C4H3N3.C2H6/c5-1-4-2-6-3-7-4;1-2/h2-3H,(H,6,7);1-2H3. The molecule has 3 heteroatoms. The molecule has 0 aromatic carbocycles. The van der Waals surface area contributed by atoms with E-state index in [1.807, 2.05) is 19.9 Å². The van der Waals surface area contributed by atoms with E-state index in [2.05, 4.69) is 9.97 Å². The molecule has 0 amide bonds. The second-order valence-electron chi connectivity index (χ2n) is 1.08. The number of rotatable bonds is 0. The third kappa shape index (κ3) is 2.50. The van der Waals surface area contributed by atoms with Gasteiger partial charge in [0.05, 0.1) is 12.5 Å². The highest BCUT2D eigenvalue weighted by Gasteiger charge is 1.82. The first-order valence-corrected chi connectivity index (χ1v) is 2.82. The summed E-state index contributed by atoms with van der Waals surface area (Å²) in [6, 6.07) is 1.89. The molecule has 0 atom stereocenters. The lowest BCUT2D eigenvalue weighted by molar-refractivity contribution is 1.29. The highest BCUT2D eigenvalue weighted by atomic mass is 14.9. The third-order valence-corrected chi connectivity index (χ3v) is 0.619. The molecule has 0 spiro atoms. The summed E-state index contributed by atoms with van der Waals surface area (Å²) in [6.07, 6.45) is 2.94. The van der Waals surface area contributed by atoms with Gasteiger partial charge in [0.1, 0.15) is 11.8 Å². The highest BCUT2D eigenvalue weighted by Crippen LogP contribution is 1.82. The van der Waals surface area contributed by atoms with Crippen LogP contribution in [0.25, 0.3) is 0 Å². The van der Waals surface area contributed by atoms with E-state index in [4.69, 9.17) is 5.26 Å². The van der Waals surface area contributed by atoms with Crippen molar-refractivity contribution in [2.45, 2.75) is 13.8 Å². The Balaban J connectivity index is 0.000000291. The van der Waals surface area contributed by atoms with Gasteiger partial charge in [-0.2, -0.15) is 5.26 Å². The Hall–Kier alpha value is -1.30. The van der Waals surface area contributed by atoms with Gasteiger partial charge in [-0.15, -0.1) is 0 Å². The number of hydrogen-bond donors (Lipinski definition) is 1. The number of nitriles is 1. The molecule has 1 N–H and O–H groups in total. The lowest BCUT2D eigenvalue weighted by Gasteiger charge is -1.64. The third-order valence-electron chi connectivity index (χ3n) is 0.619. The number of H-pyrrole nitrogens is 1. The number of aromatic amines is 1. The molecule has 0 aliphatic carbocycles. The zero-order valence-electron chi connectivity index (χ0n) is 5.55. The summed E-state index contributed by atoms with van der Waals surface area (Å²) in [5, 5.41) is 8.11. The van der Waals surface area contributed by atoms with Gasteiger partial charge in [0.25, 0.3) is 0 Å². The minimum Gasteiger partial charge on any atom is -0.336 e. The van der Waals surface area contributed by atoms with E-state index in [9.17, 15) is 0 Å². The van der Waals surface area contributed by atoms with Gasteiger partial charge in [-0.3, -0.25) is 0 Å². The first kappa shape index (κ1) is 7.70. The van der Waals surface area contributed by atoms with Crippen LogP contribution < -0.4 is 0 Å². The van der Waals surface area contributed by atoms with Crippen LogP contribution in [0.15, 0.2) is 12.5 Å². The predicted molar refractivity (Wildman–Crippen MR) is 34.7 cm³/mol. The molecule has 1 heterocycles. The van der Waals surface area contributed by atoms with Crippen LogP contribution in [0.5, 0.6) is 0 Å². The zero-order valence-corrected chi connectivity index (χ0v) is 5.55. The number of nitrogens with one attached hydrogen (secondary N) is 1. The van der Waals surface area contributed by atoms with Crippen LogP contribution in [0.2, 0.25) is 0 Å². The molecule has 0 aliphatic rings. The van der Waals surface area contributed by atoms with Crippen molar-refractivity contribution in [1.82, 2.24) is 9.97 Å². The second-order valence-corrected chi connectivity index (χ2v) is 1.08. The fraction of sp³-hybridized carbons (Fsp3) is 0.333. The normalized spacial score (nSPS) is 6.78. The Labute approximate surface area is 54.4 Å². The Morgan fingerprint density at radius 1 is 1.67 bits per heavy atom. The maximum atomic E-state index is 8.11. The first-order chi connectivity index (χ1) is 4.43. The number of imidazole rings is 1. The van der Waals surface area contributed by atoms with E-state index in [1.165, 1.54) is 12.5 Å². The maximum Gasteiger partial charge on any atom is 0.137 e. The van der Waals surface area contributed by atoms with Crippen molar-refractivity contribution in [1.29, 1.82) is 5.26 Å².